The Morgan fingerprint density at radius 1 is 1.06 bits per heavy atom. The van der Waals surface area contributed by atoms with E-state index in [0.29, 0.717) is 12.5 Å². The van der Waals surface area contributed by atoms with Crippen LogP contribution >= 0.6 is 27.3 Å². The highest BCUT2D eigenvalue weighted by Crippen LogP contribution is 2.28. The molecule has 1 aromatic heterocycles. The average molecular weight is 520 g/mol. The molecule has 0 aliphatic heterocycles. The van der Waals surface area contributed by atoms with Gasteiger partial charge in [-0.15, -0.1) is 11.3 Å². The molecule has 1 N–H and O–H groups in total. The summed E-state index contributed by atoms with van der Waals surface area (Å²) in [6, 6.07) is 24.6. The molecule has 168 valence electrons. The molecule has 33 heavy (non-hydrogen) atoms. The van der Waals surface area contributed by atoms with Crippen molar-refractivity contribution >= 4 is 38.1 Å². The topological polar surface area (TPSA) is 46.5 Å². The number of nitrogens with zero attached hydrogens (tertiary/aromatic N) is 2. The Bertz CT molecular complexity index is 1230. The lowest BCUT2D eigenvalue weighted by atomic mass is 10.0. The Labute approximate surface area is 207 Å². The standard InChI is InChI=1S/C27H26BrN3OS/c1-18(2)23-14-9-19(3)15-26(23)32-16-24(20-7-5-4-6-8-20)30-31-27-29-25(17-33-27)21-10-12-22(28)13-11-21/h4-15,17-18H,16H2,1-3H3,(H,29,31)/b30-24-. The minimum Gasteiger partial charge on any atom is -0.487 e. The maximum absolute atomic E-state index is 6.28. The van der Waals surface area contributed by atoms with Crippen LogP contribution in [-0.2, 0) is 0 Å². The van der Waals surface area contributed by atoms with E-state index in [4.69, 9.17) is 4.74 Å². The zero-order valence-corrected chi connectivity index (χ0v) is 21.3. The minimum absolute atomic E-state index is 0.352. The Morgan fingerprint density at radius 2 is 1.82 bits per heavy atom. The summed E-state index contributed by atoms with van der Waals surface area (Å²) in [4.78, 5) is 4.69. The third-order valence-corrected chi connectivity index (χ3v) is 6.47. The predicted molar refractivity (Wildman–Crippen MR) is 143 cm³/mol. The Morgan fingerprint density at radius 3 is 2.55 bits per heavy atom. The first-order chi connectivity index (χ1) is 16.0. The Kier molecular flexibility index (Phi) is 7.57. The number of ether oxygens (including phenoxy) is 1. The van der Waals surface area contributed by atoms with E-state index in [1.54, 1.807) is 0 Å². The van der Waals surface area contributed by atoms with Crippen molar-refractivity contribution in [3.63, 3.8) is 0 Å². The van der Waals surface area contributed by atoms with Crippen LogP contribution in [0.3, 0.4) is 0 Å². The summed E-state index contributed by atoms with van der Waals surface area (Å²) in [6.45, 7) is 6.79. The zero-order chi connectivity index (χ0) is 23.2. The van der Waals surface area contributed by atoms with Gasteiger partial charge in [0, 0.05) is 21.0 Å². The van der Waals surface area contributed by atoms with Gasteiger partial charge >= 0.3 is 0 Å². The molecule has 1 heterocycles. The molecular formula is C27H26BrN3OS. The molecule has 0 unspecified atom stereocenters. The van der Waals surface area contributed by atoms with Crippen LogP contribution in [0.15, 0.2) is 87.8 Å². The lowest BCUT2D eigenvalue weighted by Crippen LogP contribution is -2.16. The van der Waals surface area contributed by atoms with E-state index >= 15 is 0 Å². The quantitative estimate of drug-likeness (QED) is 0.190. The van der Waals surface area contributed by atoms with E-state index < -0.39 is 0 Å². The minimum atomic E-state index is 0.352. The molecule has 4 aromatic rings. The van der Waals surface area contributed by atoms with Crippen molar-refractivity contribution in [2.75, 3.05) is 12.0 Å². The molecule has 0 spiro atoms. The van der Waals surface area contributed by atoms with Crippen LogP contribution in [0.25, 0.3) is 11.3 Å². The number of halogens is 1. The van der Waals surface area contributed by atoms with Crippen LogP contribution in [0.2, 0.25) is 0 Å². The normalized spacial score (nSPS) is 11.6. The Balaban J connectivity index is 1.55. The molecule has 4 nitrogen and oxygen atoms in total. The summed E-state index contributed by atoms with van der Waals surface area (Å²) in [7, 11) is 0. The van der Waals surface area contributed by atoms with Gasteiger partial charge in [-0.05, 0) is 42.2 Å². The van der Waals surface area contributed by atoms with E-state index in [-0.39, 0.29) is 0 Å². The van der Waals surface area contributed by atoms with Crippen molar-refractivity contribution < 1.29 is 4.74 Å². The molecule has 0 atom stereocenters. The maximum atomic E-state index is 6.28. The molecule has 0 bridgehead atoms. The third kappa shape index (κ3) is 6.09. The predicted octanol–water partition coefficient (Wildman–Crippen LogP) is 7.90. The summed E-state index contributed by atoms with van der Waals surface area (Å²) < 4.78 is 7.33. The number of hydrazone groups is 1. The van der Waals surface area contributed by atoms with Gasteiger partial charge in [0.25, 0.3) is 0 Å². The van der Waals surface area contributed by atoms with Gasteiger partial charge in [-0.3, -0.25) is 5.43 Å². The first kappa shape index (κ1) is 23.2. The number of hydrogen-bond donors (Lipinski definition) is 1. The van der Waals surface area contributed by atoms with Crippen molar-refractivity contribution in [3.05, 3.63) is 99.3 Å². The molecule has 4 rings (SSSR count). The highest BCUT2D eigenvalue weighted by atomic mass is 79.9. The van der Waals surface area contributed by atoms with E-state index in [1.807, 2.05) is 60.0 Å². The number of rotatable bonds is 8. The number of anilines is 1. The number of benzene rings is 3. The molecule has 0 saturated heterocycles. The van der Waals surface area contributed by atoms with Gasteiger partial charge in [-0.2, -0.15) is 5.10 Å². The van der Waals surface area contributed by atoms with Crippen LogP contribution in [0.4, 0.5) is 5.13 Å². The second-order valence-electron chi connectivity index (χ2n) is 8.07. The number of thiazole rings is 1. The molecule has 0 saturated carbocycles. The molecule has 3 aromatic carbocycles. The van der Waals surface area contributed by atoms with Gasteiger partial charge in [0.05, 0.1) is 5.69 Å². The zero-order valence-electron chi connectivity index (χ0n) is 18.9. The number of hydrogen-bond acceptors (Lipinski definition) is 5. The van der Waals surface area contributed by atoms with Crippen molar-refractivity contribution in [2.45, 2.75) is 26.7 Å². The summed E-state index contributed by atoms with van der Waals surface area (Å²) in [5.74, 6) is 1.28. The summed E-state index contributed by atoms with van der Waals surface area (Å²) in [6.07, 6.45) is 0. The molecule has 0 fully saturated rings. The third-order valence-electron chi connectivity index (χ3n) is 5.19. The number of nitrogens with one attached hydrogen (secondary N) is 1. The second kappa shape index (κ2) is 10.8. The van der Waals surface area contributed by atoms with Crippen molar-refractivity contribution in [1.82, 2.24) is 4.98 Å². The molecule has 0 radical (unpaired) electrons. The van der Waals surface area contributed by atoms with Crippen molar-refractivity contribution in [1.29, 1.82) is 0 Å². The fourth-order valence-electron chi connectivity index (χ4n) is 3.39. The van der Waals surface area contributed by atoms with Gasteiger partial charge in [-0.1, -0.05) is 84.4 Å². The monoisotopic (exact) mass is 519 g/mol. The summed E-state index contributed by atoms with van der Waals surface area (Å²) >= 11 is 5.00. The van der Waals surface area contributed by atoms with E-state index in [0.717, 1.165) is 37.9 Å². The highest BCUT2D eigenvalue weighted by molar-refractivity contribution is 9.10. The molecule has 0 amide bonds. The van der Waals surface area contributed by atoms with Gasteiger partial charge < -0.3 is 4.74 Å². The Hall–Kier alpha value is -2.96. The van der Waals surface area contributed by atoms with Crippen molar-refractivity contribution in [2.24, 2.45) is 5.10 Å². The van der Waals surface area contributed by atoms with Gasteiger partial charge in [-0.25, -0.2) is 4.98 Å². The largest absolute Gasteiger partial charge is 0.487 e. The van der Waals surface area contributed by atoms with Crippen LogP contribution in [0, 0.1) is 6.92 Å². The van der Waals surface area contributed by atoms with Crippen LogP contribution < -0.4 is 10.2 Å². The lowest BCUT2D eigenvalue weighted by Gasteiger charge is -2.16. The number of aromatic nitrogens is 1. The van der Waals surface area contributed by atoms with Gasteiger partial charge in [0.1, 0.15) is 18.1 Å². The first-order valence-electron chi connectivity index (χ1n) is 10.8. The van der Waals surface area contributed by atoms with E-state index in [2.05, 4.69) is 70.4 Å². The SMILES string of the molecule is Cc1ccc(C(C)C)c(OC/C(=N/Nc2nc(-c3ccc(Br)cc3)cs2)c2ccccc2)c1. The summed E-state index contributed by atoms with van der Waals surface area (Å²) in [5, 5.41) is 7.44. The molecule has 0 aliphatic rings. The average Bonchev–Trinajstić information content (AvgIpc) is 3.29. The fourth-order valence-corrected chi connectivity index (χ4v) is 4.32. The van der Waals surface area contributed by atoms with E-state index in [1.165, 1.54) is 22.5 Å². The highest BCUT2D eigenvalue weighted by Gasteiger charge is 2.12. The van der Waals surface area contributed by atoms with E-state index in [9.17, 15) is 0 Å². The maximum Gasteiger partial charge on any atom is 0.203 e. The van der Waals surface area contributed by atoms with Gasteiger partial charge in [0.2, 0.25) is 5.13 Å². The second-order valence-corrected chi connectivity index (χ2v) is 9.84. The first-order valence-corrected chi connectivity index (χ1v) is 12.5. The number of aryl methyl sites for hydroxylation is 1. The fraction of sp³-hybridized carbons (Fsp3) is 0.185. The smallest absolute Gasteiger partial charge is 0.203 e. The summed E-state index contributed by atoms with van der Waals surface area (Å²) in [5.41, 5.74) is 9.31. The van der Waals surface area contributed by atoms with Crippen LogP contribution in [0.1, 0.15) is 36.5 Å². The lowest BCUT2D eigenvalue weighted by molar-refractivity contribution is 0.370. The van der Waals surface area contributed by atoms with Crippen LogP contribution in [-0.4, -0.2) is 17.3 Å². The van der Waals surface area contributed by atoms with Crippen LogP contribution in [0.5, 0.6) is 5.75 Å². The van der Waals surface area contributed by atoms with Gasteiger partial charge in [0.15, 0.2) is 0 Å². The molecular weight excluding hydrogens is 494 g/mol. The molecule has 0 aliphatic carbocycles. The van der Waals surface area contributed by atoms with Crippen molar-refractivity contribution in [3.8, 4) is 17.0 Å². The molecule has 6 heteroatoms.